The Morgan fingerprint density at radius 2 is 2.00 bits per heavy atom. The van der Waals surface area contributed by atoms with Gasteiger partial charge in [0.2, 0.25) is 15.8 Å². The molecule has 2 heterocycles. The number of furan rings is 1. The Morgan fingerprint density at radius 3 is 2.67 bits per heavy atom. The van der Waals surface area contributed by atoms with Crippen molar-refractivity contribution in [3.05, 3.63) is 60.2 Å². The van der Waals surface area contributed by atoms with Crippen LogP contribution in [0.3, 0.4) is 0 Å². The van der Waals surface area contributed by atoms with Gasteiger partial charge in [0, 0.05) is 6.07 Å². The molecule has 3 rings (SSSR count). The fourth-order valence-corrected chi connectivity index (χ4v) is 3.34. The number of benzene rings is 1. The lowest BCUT2D eigenvalue weighted by molar-refractivity contribution is -0.146. The number of carbonyl (C=O) groups is 1. The second-order valence-electron chi connectivity index (χ2n) is 5.56. The molecule has 0 spiro atoms. The van der Waals surface area contributed by atoms with Gasteiger partial charge in [0.25, 0.3) is 0 Å². The molecule has 0 radical (unpaired) electrons. The predicted octanol–water partition coefficient (Wildman–Crippen LogP) is 2.48. The zero-order valence-electron chi connectivity index (χ0n) is 14.1. The average molecular weight is 394 g/mol. The fourth-order valence-electron chi connectivity index (χ4n) is 2.15. The summed E-state index contributed by atoms with van der Waals surface area (Å²) in [7, 11) is -3.99. The summed E-state index contributed by atoms with van der Waals surface area (Å²) in [6, 6.07) is 7.98. The molecule has 0 saturated heterocycles. The number of rotatable bonds is 7. The van der Waals surface area contributed by atoms with E-state index in [1.165, 1.54) is 13.2 Å². The average Bonchev–Trinajstić information content (AvgIpc) is 3.31. The molecule has 0 amide bonds. The minimum Gasteiger partial charge on any atom is -0.461 e. The minimum absolute atomic E-state index is 0.164. The highest BCUT2D eigenvalue weighted by atomic mass is 32.2. The van der Waals surface area contributed by atoms with Crippen LogP contribution in [-0.4, -0.2) is 25.6 Å². The van der Waals surface area contributed by atoms with Gasteiger partial charge in [0.1, 0.15) is 24.2 Å². The molecule has 3 aromatic rings. The molecule has 0 aliphatic rings. The van der Waals surface area contributed by atoms with E-state index in [1.807, 2.05) is 0 Å². The summed E-state index contributed by atoms with van der Waals surface area (Å²) in [6.07, 6.45) is 1.48. The van der Waals surface area contributed by atoms with Gasteiger partial charge in [-0.2, -0.15) is 4.72 Å². The number of hydrogen-bond acceptors (Lipinski definition) is 7. The summed E-state index contributed by atoms with van der Waals surface area (Å²) >= 11 is 0. The first kappa shape index (κ1) is 18.8. The Balaban J connectivity index is 1.57. The molecule has 0 aliphatic carbocycles. The predicted molar refractivity (Wildman–Crippen MR) is 90.2 cm³/mol. The molecule has 0 aliphatic heterocycles. The van der Waals surface area contributed by atoms with E-state index in [2.05, 4.69) is 9.88 Å². The lowest BCUT2D eigenvalue weighted by Gasteiger charge is -2.13. The van der Waals surface area contributed by atoms with Crippen molar-refractivity contribution in [1.29, 1.82) is 0 Å². The van der Waals surface area contributed by atoms with E-state index < -0.39 is 27.9 Å². The molecule has 1 atom stereocenters. The first-order valence-electron chi connectivity index (χ1n) is 7.79. The molecule has 1 N–H and O–H groups in total. The van der Waals surface area contributed by atoms with Crippen LogP contribution >= 0.6 is 0 Å². The number of halogens is 1. The van der Waals surface area contributed by atoms with Crippen molar-refractivity contribution < 1.29 is 31.3 Å². The highest BCUT2D eigenvalue weighted by Crippen LogP contribution is 2.20. The van der Waals surface area contributed by atoms with Crippen LogP contribution in [0.15, 0.2) is 62.6 Å². The largest absolute Gasteiger partial charge is 0.461 e. The van der Waals surface area contributed by atoms with Gasteiger partial charge in [-0.3, -0.25) is 4.79 Å². The lowest BCUT2D eigenvalue weighted by atomic mass is 10.3. The van der Waals surface area contributed by atoms with Crippen LogP contribution < -0.4 is 4.72 Å². The Morgan fingerprint density at radius 1 is 1.26 bits per heavy atom. The van der Waals surface area contributed by atoms with Crippen LogP contribution in [-0.2, 0) is 26.2 Å². The van der Waals surface area contributed by atoms with E-state index in [0.29, 0.717) is 17.2 Å². The number of nitrogens with zero attached hydrogens (tertiary/aromatic N) is 1. The smallest absolute Gasteiger partial charge is 0.324 e. The SMILES string of the molecule is C[C@H](NS(=O)(=O)c1ccc(F)cc1)C(=O)OCc1cc(-c2ccco2)on1. The van der Waals surface area contributed by atoms with Crippen molar-refractivity contribution >= 4 is 16.0 Å². The summed E-state index contributed by atoms with van der Waals surface area (Å²) in [4.78, 5) is 11.9. The van der Waals surface area contributed by atoms with Gasteiger partial charge in [-0.25, -0.2) is 12.8 Å². The molecule has 0 fully saturated rings. The van der Waals surface area contributed by atoms with Crippen molar-refractivity contribution in [3.63, 3.8) is 0 Å². The number of aromatic nitrogens is 1. The summed E-state index contributed by atoms with van der Waals surface area (Å²) in [5.41, 5.74) is 0.336. The fraction of sp³-hybridized carbons (Fsp3) is 0.176. The van der Waals surface area contributed by atoms with Crippen LogP contribution in [0.5, 0.6) is 0 Å². The Bertz CT molecular complexity index is 1010. The van der Waals surface area contributed by atoms with Gasteiger partial charge in [-0.05, 0) is 43.3 Å². The van der Waals surface area contributed by atoms with E-state index in [9.17, 15) is 17.6 Å². The van der Waals surface area contributed by atoms with Gasteiger partial charge >= 0.3 is 5.97 Å². The maximum absolute atomic E-state index is 12.9. The second kappa shape index (κ2) is 7.72. The maximum Gasteiger partial charge on any atom is 0.324 e. The third kappa shape index (κ3) is 4.60. The molecule has 142 valence electrons. The molecule has 0 bridgehead atoms. The third-order valence-electron chi connectivity index (χ3n) is 3.49. The molecule has 10 heteroatoms. The topological polar surface area (TPSA) is 112 Å². The molecule has 27 heavy (non-hydrogen) atoms. The van der Waals surface area contributed by atoms with Crippen LogP contribution in [0.4, 0.5) is 4.39 Å². The molecule has 8 nitrogen and oxygen atoms in total. The van der Waals surface area contributed by atoms with Crippen LogP contribution in [0.25, 0.3) is 11.5 Å². The zero-order chi connectivity index (χ0) is 19.4. The van der Waals surface area contributed by atoms with Crippen molar-refractivity contribution in [2.75, 3.05) is 0 Å². The van der Waals surface area contributed by atoms with Gasteiger partial charge in [-0.1, -0.05) is 5.16 Å². The number of nitrogens with one attached hydrogen (secondary N) is 1. The van der Waals surface area contributed by atoms with Gasteiger partial charge < -0.3 is 13.7 Å². The third-order valence-corrected chi connectivity index (χ3v) is 5.05. The highest BCUT2D eigenvalue weighted by molar-refractivity contribution is 7.89. The van der Waals surface area contributed by atoms with Gasteiger partial charge in [0.15, 0.2) is 5.76 Å². The van der Waals surface area contributed by atoms with Crippen LogP contribution in [0, 0.1) is 5.82 Å². The first-order valence-corrected chi connectivity index (χ1v) is 9.27. The first-order chi connectivity index (χ1) is 12.8. The summed E-state index contributed by atoms with van der Waals surface area (Å²) in [5.74, 6) is -0.525. The Hall–Kier alpha value is -2.98. The second-order valence-corrected chi connectivity index (χ2v) is 7.28. The van der Waals surface area contributed by atoms with E-state index in [0.717, 1.165) is 24.3 Å². The van der Waals surface area contributed by atoms with Crippen LogP contribution in [0.1, 0.15) is 12.6 Å². The lowest BCUT2D eigenvalue weighted by Crippen LogP contribution is -2.39. The molecular weight excluding hydrogens is 379 g/mol. The monoisotopic (exact) mass is 394 g/mol. The maximum atomic E-state index is 12.9. The number of hydrogen-bond donors (Lipinski definition) is 1. The molecule has 0 saturated carbocycles. The zero-order valence-corrected chi connectivity index (χ0v) is 14.9. The quantitative estimate of drug-likeness (QED) is 0.613. The summed E-state index contributed by atoms with van der Waals surface area (Å²) in [5, 5.41) is 3.75. The van der Waals surface area contributed by atoms with Gasteiger partial charge in [0.05, 0.1) is 11.2 Å². The van der Waals surface area contributed by atoms with E-state index in [-0.39, 0.29) is 11.5 Å². The molecule has 2 aromatic heterocycles. The standard InChI is InChI=1S/C17H15FN2O6S/c1-11(20-27(22,23)14-6-4-12(18)5-7-14)17(21)25-10-13-9-16(26-19-13)15-3-2-8-24-15/h2-9,11,20H,10H2,1H3/t11-/m0/s1. The highest BCUT2D eigenvalue weighted by Gasteiger charge is 2.23. The van der Waals surface area contributed by atoms with E-state index in [1.54, 1.807) is 18.2 Å². The minimum atomic E-state index is -3.99. The number of esters is 1. The molecule has 0 unspecified atom stereocenters. The molecular formula is C17H15FN2O6S. The van der Waals surface area contributed by atoms with Crippen molar-refractivity contribution in [2.45, 2.75) is 24.5 Å². The van der Waals surface area contributed by atoms with Crippen LogP contribution in [0.2, 0.25) is 0 Å². The van der Waals surface area contributed by atoms with Crippen molar-refractivity contribution in [3.8, 4) is 11.5 Å². The van der Waals surface area contributed by atoms with Crippen molar-refractivity contribution in [2.24, 2.45) is 0 Å². The normalized spacial score (nSPS) is 12.7. The van der Waals surface area contributed by atoms with E-state index in [4.69, 9.17) is 13.7 Å². The van der Waals surface area contributed by atoms with Gasteiger partial charge in [-0.15, -0.1) is 0 Å². The number of sulfonamides is 1. The van der Waals surface area contributed by atoms with E-state index >= 15 is 0 Å². The molecule has 1 aromatic carbocycles. The van der Waals surface area contributed by atoms with Crippen molar-refractivity contribution in [1.82, 2.24) is 9.88 Å². The Kier molecular flexibility index (Phi) is 5.38. The number of ether oxygens (including phenoxy) is 1. The summed E-state index contributed by atoms with van der Waals surface area (Å²) < 4.78 is 54.7. The summed E-state index contributed by atoms with van der Waals surface area (Å²) in [6.45, 7) is 1.13. The Labute approximate surface area is 154 Å². The number of carbonyl (C=O) groups excluding carboxylic acids is 1.